The van der Waals surface area contributed by atoms with Gasteiger partial charge in [0.1, 0.15) is 19.8 Å². The highest BCUT2D eigenvalue weighted by molar-refractivity contribution is 5.60. The molecule has 0 heterocycles. The lowest BCUT2D eigenvalue weighted by Gasteiger charge is -2.06. The molecule has 0 rings (SSSR count). The highest BCUT2D eigenvalue weighted by Gasteiger charge is 2.02. The second kappa shape index (κ2) is 10.7. The van der Waals surface area contributed by atoms with E-state index in [9.17, 15) is 9.59 Å². The summed E-state index contributed by atoms with van der Waals surface area (Å²) in [5.74, 6) is 0. The molecule has 0 aromatic heterocycles. The molecule has 0 radical (unpaired) electrons. The third-order valence-electron chi connectivity index (χ3n) is 1.38. The van der Waals surface area contributed by atoms with Crippen molar-refractivity contribution in [2.45, 2.75) is 0 Å². The zero-order valence-corrected chi connectivity index (χ0v) is 9.68. The Kier molecular flexibility index (Phi) is 9.64. The largest absolute Gasteiger partial charge is 0.508 e. The predicted molar refractivity (Wildman–Crippen MR) is 56.7 cm³/mol. The van der Waals surface area contributed by atoms with Gasteiger partial charge in [-0.05, 0) is 0 Å². The third kappa shape index (κ3) is 10.5. The fraction of sp³-hybridized carbons (Fsp3) is 0.600. The van der Waals surface area contributed by atoms with E-state index < -0.39 is 12.3 Å². The maximum absolute atomic E-state index is 10.8. The summed E-state index contributed by atoms with van der Waals surface area (Å²) in [5, 5.41) is 0. The van der Waals surface area contributed by atoms with Gasteiger partial charge >= 0.3 is 12.3 Å². The molecular weight excluding hydrogens is 232 g/mol. The van der Waals surface area contributed by atoms with Crippen LogP contribution in [0.4, 0.5) is 9.59 Å². The van der Waals surface area contributed by atoms with Crippen molar-refractivity contribution in [1.82, 2.24) is 0 Å². The molecule has 0 aliphatic carbocycles. The van der Waals surface area contributed by atoms with Crippen molar-refractivity contribution in [3.05, 3.63) is 12.7 Å². The van der Waals surface area contributed by atoms with Crippen LogP contribution in [0.5, 0.6) is 0 Å². The van der Waals surface area contributed by atoms with Gasteiger partial charge in [-0.2, -0.15) is 0 Å². The topological polar surface area (TPSA) is 80.3 Å². The van der Waals surface area contributed by atoms with Crippen LogP contribution in [0.1, 0.15) is 0 Å². The molecule has 0 fully saturated rings. The molecule has 0 amide bonds. The number of hydrogen-bond acceptors (Lipinski definition) is 7. The van der Waals surface area contributed by atoms with E-state index in [2.05, 4.69) is 25.5 Å². The minimum absolute atomic E-state index is 0.0637. The number of methoxy groups -OCH3 is 1. The summed E-state index contributed by atoms with van der Waals surface area (Å²) >= 11 is 0. The van der Waals surface area contributed by atoms with E-state index in [1.807, 2.05) is 0 Å². The zero-order chi connectivity index (χ0) is 12.9. The van der Waals surface area contributed by atoms with Crippen molar-refractivity contribution in [2.24, 2.45) is 0 Å². The number of hydrogen-bond donors (Lipinski definition) is 0. The molecule has 98 valence electrons. The van der Waals surface area contributed by atoms with E-state index in [-0.39, 0.29) is 33.0 Å². The molecular formula is C10H16O7. The van der Waals surface area contributed by atoms with Crippen LogP contribution in [0, 0.1) is 0 Å². The molecule has 0 saturated carbocycles. The summed E-state index contributed by atoms with van der Waals surface area (Å²) in [4.78, 5) is 21.3. The van der Waals surface area contributed by atoms with E-state index in [0.29, 0.717) is 0 Å². The van der Waals surface area contributed by atoms with Crippen LogP contribution in [0.15, 0.2) is 12.7 Å². The van der Waals surface area contributed by atoms with Crippen molar-refractivity contribution < 1.29 is 33.3 Å². The molecule has 0 atom stereocenters. The van der Waals surface area contributed by atoms with E-state index in [1.54, 1.807) is 0 Å². The van der Waals surface area contributed by atoms with Crippen LogP contribution in [-0.4, -0.2) is 52.5 Å². The molecule has 0 aromatic rings. The first-order chi connectivity index (χ1) is 8.20. The van der Waals surface area contributed by atoms with Crippen molar-refractivity contribution in [1.29, 1.82) is 0 Å². The summed E-state index contributed by atoms with van der Waals surface area (Å²) in [6.45, 7) is 4.00. The minimum Gasteiger partial charge on any atom is -0.438 e. The van der Waals surface area contributed by atoms with Crippen molar-refractivity contribution in [3.8, 4) is 0 Å². The monoisotopic (exact) mass is 248 g/mol. The highest BCUT2D eigenvalue weighted by Crippen LogP contribution is 1.87. The van der Waals surface area contributed by atoms with E-state index in [1.165, 1.54) is 13.2 Å². The summed E-state index contributed by atoms with van der Waals surface area (Å²) in [5.41, 5.74) is 0. The lowest BCUT2D eigenvalue weighted by atomic mass is 10.7. The molecule has 7 nitrogen and oxygen atoms in total. The van der Waals surface area contributed by atoms with Crippen LogP contribution in [-0.2, 0) is 23.7 Å². The Balaban J connectivity index is 3.20. The Bertz CT molecular complexity index is 239. The lowest BCUT2D eigenvalue weighted by Crippen LogP contribution is -2.15. The van der Waals surface area contributed by atoms with Crippen LogP contribution >= 0.6 is 0 Å². The van der Waals surface area contributed by atoms with Crippen LogP contribution in [0.2, 0.25) is 0 Å². The SMILES string of the molecule is C=CCOC(=O)OCCOCCOC(=O)OC. The van der Waals surface area contributed by atoms with Gasteiger partial charge in [0.2, 0.25) is 0 Å². The molecule has 0 saturated heterocycles. The Hall–Kier alpha value is -1.76. The molecule has 0 aliphatic heterocycles. The summed E-state index contributed by atoms with van der Waals surface area (Å²) in [7, 11) is 1.21. The molecule has 0 bridgehead atoms. The van der Waals surface area contributed by atoms with Crippen molar-refractivity contribution >= 4 is 12.3 Å². The number of rotatable bonds is 8. The average Bonchev–Trinajstić information content (AvgIpc) is 2.34. The van der Waals surface area contributed by atoms with Gasteiger partial charge in [0.05, 0.1) is 20.3 Å². The van der Waals surface area contributed by atoms with Gasteiger partial charge in [-0.25, -0.2) is 9.59 Å². The number of carbonyl (C=O) groups excluding carboxylic acids is 2. The van der Waals surface area contributed by atoms with E-state index >= 15 is 0 Å². The van der Waals surface area contributed by atoms with Gasteiger partial charge in [-0.15, -0.1) is 0 Å². The number of ether oxygens (including phenoxy) is 5. The van der Waals surface area contributed by atoms with Crippen LogP contribution < -0.4 is 0 Å². The van der Waals surface area contributed by atoms with Crippen molar-refractivity contribution in [3.63, 3.8) is 0 Å². The maximum Gasteiger partial charge on any atom is 0.508 e. The van der Waals surface area contributed by atoms with Gasteiger partial charge in [0, 0.05) is 0 Å². The first-order valence-corrected chi connectivity index (χ1v) is 4.89. The van der Waals surface area contributed by atoms with Crippen molar-refractivity contribution in [2.75, 3.05) is 40.1 Å². The van der Waals surface area contributed by atoms with Crippen LogP contribution in [0.25, 0.3) is 0 Å². The normalized spacial score (nSPS) is 9.24. The lowest BCUT2D eigenvalue weighted by molar-refractivity contribution is 0.0121. The molecule has 0 N–H and O–H groups in total. The summed E-state index contributed by atoms with van der Waals surface area (Å²) in [6, 6.07) is 0. The zero-order valence-electron chi connectivity index (χ0n) is 9.68. The van der Waals surface area contributed by atoms with Gasteiger partial charge < -0.3 is 23.7 Å². The minimum atomic E-state index is -0.778. The standard InChI is InChI=1S/C10H16O7/c1-3-4-15-10(12)17-8-6-14-5-7-16-9(11)13-2/h3H,1,4-8H2,2H3. The Labute approximate surface area is 99.2 Å². The molecule has 0 unspecified atom stereocenters. The third-order valence-corrected chi connectivity index (χ3v) is 1.38. The quantitative estimate of drug-likeness (QED) is 0.361. The van der Waals surface area contributed by atoms with E-state index in [4.69, 9.17) is 4.74 Å². The second-order valence-corrected chi connectivity index (χ2v) is 2.61. The molecule has 0 aliphatic rings. The molecule has 7 heteroatoms. The Morgan fingerprint density at radius 2 is 1.59 bits per heavy atom. The fourth-order valence-electron chi connectivity index (χ4n) is 0.697. The first-order valence-electron chi connectivity index (χ1n) is 4.89. The van der Waals surface area contributed by atoms with E-state index in [0.717, 1.165) is 0 Å². The van der Waals surface area contributed by atoms with Gasteiger partial charge in [-0.1, -0.05) is 12.7 Å². The van der Waals surface area contributed by atoms with Gasteiger partial charge in [0.15, 0.2) is 0 Å². The van der Waals surface area contributed by atoms with Crippen LogP contribution in [0.3, 0.4) is 0 Å². The summed E-state index contributed by atoms with van der Waals surface area (Å²) < 4.78 is 22.9. The molecule has 0 aromatic carbocycles. The molecule has 17 heavy (non-hydrogen) atoms. The second-order valence-electron chi connectivity index (χ2n) is 2.61. The average molecular weight is 248 g/mol. The maximum atomic E-state index is 10.8. The smallest absolute Gasteiger partial charge is 0.438 e. The predicted octanol–water partition coefficient (Wildman–Crippen LogP) is 1.13. The van der Waals surface area contributed by atoms with Gasteiger partial charge in [0.25, 0.3) is 0 Å². The Morgan fingerprint density at radius 3 is 2.12 bits per heavy atom. The summed E-state index contributed by atoms with van der Waals surface area (Å²) in [6.07, 6.45) is -0.112. The Morgan fingerprint density at radius 1 is 1.00 bits per heavy atom. The van der Waals surface area contributed by atoms with Gasteiger partial charge in [-0.3, -0.25) is 0 Å². The first kappa shape index (κ1) is 15.2. The highest BCUT2D eigenvalue weighted by atomic mass is 16.7. The fourth-order valence-corrected chi connectivity index (χ4v) is 0.697. The molecule has 0 spiro atoms. The number of carbonyl (C=O) groups is 2.